The zero-order valence-corrected chi connectivity index (χ0v) is 16.9. The summed E-state index contributed by atoms with van der Waals surface area (Å²) in [7, 11) is 0. The first-order chi connectivity index (χ1) is 13.6. The van der Waals surface area contributed by atoms with Gasteiger partial charge in [0, 0.05) is 25.1 Å². The summed E-state index contributed by atoms with van der Waals surface area (Å²) < 4.78 is 56.6. The molecule has 2 heterocycles. The minimum Gasteiger partial charge on any atom is -0.374 e. The summed E-state index contributed by atoms with van der Waals surface area (Å²) in [5, 5.41) is 6.24. The zero-order chi connectivity index (χ0) is 21.0. The van der Waals surface area contributed by atoms with Crippen molar-refractivity contribution in [3.63, 3.8) is 0 Å². The predicted molar refractivity (Wildman–Crippen MR) is 104 cm³/mol. The number of nitrogens with one attached hydrogen (secondary N) is 1. The van der Waals surface area contributed by atoms with Crippen LogP contribution in [0.5, 0.6) is 0 Å². The highest BCUT2D eigenvalue weighted by Crippen LogP contribution is 2.50. The molecule has 2 aromatic carbocycles. The fraction of sp³-hybridized carbons (Fsp3) is 0.316. The molecule has 0 aromatic heterocycles. The number of alkyl halides is 4. The summed E-state index contributed by atoms with van der Waals surface area (Å²) in [6.45, 7) is 0.400. The fourth-order valence-corrected chi connectivity index (χ4v) is 3.95. The molecule has 3 nitrogen and oxygen atoms in total. The lowest BCUT2D eigenvalue weighted by Crippen LogP contribution is -2.53. The first-order valence-electron chi connectivity index (χ1n) is 8.53. The maximum Gasteiger partial charge on any atom is 0.435 e. The third-order valence-electron chi connectivity index (χ3n) is 5.18. The summed E-state index contributed by atoms with van der Waals surface area (Å²) in [4.78, 5) is 4.96. The van der Waals surface area contributed by atoms with E-state index in [1.807, 2.05) is 0 Å². The number of halogens is 7. The van der Waals surface area contributed by atoms with Gasteiger partial charge in [-0.3, -0.25) is 0 Å². The highest BCUT2D eigenvalue weighted by molar-refractivity contribution is 6.48. The number of hydrogen-bond acceptors (Lipinski definition) is 3. The number of hydrogen-bond donors (Lipinski definition) is 1. The molecule has 0 unspecified atom stereocenters. The Morgan fingerprint density at radius 3 is 2.03 bits per heavy atom. The van der Waals surface area contributed by atoms with Crippen molar-refractivity contribution in [2.24, 2.45) is 5.16 Å². The molecular weight excluding hydrogens is 455 g/mol. The summed E-state index contributed by atoms with van der Waals surface area (Å²) in [6, 6.07) is 8.30. The SMILES string of the molecule is FC1(c2ccc(C3=NO[C@](c4cc(Cl)c(Cl)c(Cl)c4)(C(F)(F)F)C3)cc2)CNC1. The Morgan fingerprint density at radius 1 is 0.966 bits per heavy atom. The van der Waals surface area contributed by atoms with E-state index in [2.05, 4.69) is 10.5 Å². The third kappa shape index (κ3) is 3.38. The van der Waals surface area contributed by atoms with Gasteiger partial charge in [-0.15, -0.1) is 0 Å². The van der Waals surface area contributed by atoms with Crippen LogP contribution in [0.4, 0.5) is 17.6 Å². The van der Waals surface area contributed by atoms with Crippen molar-refractivity contribution in [1.29, 1.82) is 0 Å². The van der Waals surface area contributed by atoms with Crippen LogP contribution in [0, 0.1) is 0 Å². The van der Waals surface area contributed by atoms with Crippen LogP contribution in [0.3, 0.4) is 0 Å². The molecule has 0 saturated carbocycles. The van der Waals surface area contributed by atoms with Gasteiger partial charge in [-0.25, -0.2) is 4.39 Å². The largest absolute Gasteiger partial charge is 0.435 e. The maximum absolute atomic E-state index is 14.5. The number of oxime groups is 1. The van der Waals surface area contributed by atoms with E-state index in [4.69, 9.17) is 39.6 Å². The normalized spacial score (nSPS) is 23.3. The molecule has 0 radical (unpaired) electrons. The van der Waals surface area contributed by atoms with Gasteiger partial charge in [0.05, 0.1) is 20.8 Å². The Kier molecular flexibility index (Phi) is 5.01. The standard InChI is InChI=1S/C19H13Cl3F4N2O/c20-13-5-12(6-14(21)16(13)22)18(19(24,25)26)7-15(28-29-18)10-1-3-11(4-2-10)17(23)8-27-9-17/h1-6,27H,7-9H2/t18-/m1/s1. The molecule has 0 spiro atoms. The first-order valence-corrected chi connectivity index (χ1v) is 9.66. The quantitative estimate of drug-likeness (QED) is 0.444. The van der Waals surface area contributed by atoms with Gasteiger partial charge in [-0.05, 0) is 23.3 Å². The molecule has 1 fully saturated rings. The van der Waals surface area contributed by atoms with Crippen LogP contribution in [0.1, 0.15) is 23.1 Å². The second-order valence-electron chi connectivity index (χ2n) is 7.03. The molecule has 1 saturated heterocycles. The molecule has 10 heteroatoms. The highest BCUT2D eigenvalue weighted by Gasteiger charge is 2.62. The minimum absolute atomic E-state index is 0.0465. The van der Waals surface area contributed by atoms with E-state index in [0.717, 1.165) is 12.1 Å². The van der Waals surface area contributed by atoms with E-state index >= 15 is 0 Å². The molecule has 0 amide bonds. The van der Waals surface area contributed by atoms with Crippen LogP contribution in [0.25, 0.3) is 0 Å². The van der Waals surface area contributed by atoms with E-state index in [-0.39, 0.29) is 39.4 Å². The second-order valence-corrected chi connectivity index (χ2v) is 8.22. The van der Waals surface area contributed by atoms with Crippen molar-refractivity contribution >= 4 is 40.5 Å². The fourth-order valence-electron chi connectivity index (χ4n) is 3.36. The van der Waals surface area contributed by atoms with E-state index in [1.54, 1.807) is 12.1 Å². The topological polar surface area (TPSA) is 33.6 Å². The molecule has 0 aliphatic carbocycles. The second kappa shape index (κ2) is 7.01. The van der Waals surface area contributed by atoms with Crippen molar-refractivity contribution in [3.05, 3.63) is 68.2 Å². The van der Waals surface area contributed by atoms with E-state index < -0.39 is 23.9 Å². The monoisotopic (exact) mass is 466 g/mol. The third-order valence-corrected chi connectivity index (χ3v) is 6.38. The van der Waals surface area contributed by atoms with Crippen molar-refractivity contribution in [2.75, 3.05) is 13.1 Å². The van der Waals surface area contributed by atoms with Gasteiger partial charge in [0.15, 0.2) is 5.67 Å². The Labute approximate surface area is 178 Å². The maximum atomic E-state index is 14.5. The van der Waals surface area contributed by atoms with Crippen LogP contribution < -0.4 is 5.32 Å². The number of nitrogens with zero attached hydrogens (tertiary/aromatic N) is 1. The van der Waals surface area contributed by atoms with Gasteiger partial charge in [-0.1, -0.05) is 64.2 Å². The van der Waals surface area contributed by atoms with Crippen molar-refractivity contribution in [3.8, 4) is 0 Å². The predicted octanol–water partition coefficient (Wildman–Crippen LogP) is 6.00. The molecular formula is C19H13Cl3F4N2O. The summed E-state index contributed by atoms with van der Waals surface area (Å²) in [5.74, 6) is 0. The molecule has 2 aromatic rings. The molecule has 4 rings (SSSR count). The molecule has 2 aliphatic heterocycles. The lowest BCUT2D eigenvalue weighted by molar-refractivity contribution is -0.275. The number of benzene rings is 2. The Morgan fingerprint density at radius 2 is 1.55 bits per heavy atom. The van der Waals surface area contributed by atoms with E-state index in [0.29, 0.717) is 11.1 Å². The van der Waals surface area contributed by atoms with Gasteiger partial charge in [0.1, 0.15) is 0 Å². The Bertz CT molecular complexity index is 967. The lowest BCUT2D eigenvalue weighted by atomic mass is 9.85. The lowest BCUT2D eigenvalue weighted by Gasteiger charge is -2.35. The van der Waals surface area contributed by atoms with Crippen LogP contribution in [0.15, 0.2) is 41.6 Å². The van der Waals surface area contributed by atoms with Gasteiger partial charge in [0.2, 0.25) is 0 Å². The van der Waals surface area contributed by atoms with Gasteiger partial charge in [-0.2, -0.15) is 13.2 Å². The van der Waals surface area contributed by atoms with E-state index in [9.17, 15) is 17.6 Å². The van der Waals surface area contributed by atoms with Crippen LogP contribution >= 0.6 is 34.8 Å². The van der Waals surface area contributed by atoms with Crippen LogP contribution in [-0.2, 0) is 16.1 Å². The summed E-state index contributed by atoms with van der Waals surface area (Å²) in [5.41, 5.74) is -3.57. The van der Waals surface area contributed by atoms with Crippen molar-refractivity contribution in [2.45, 2.75) is 23.9 Å². The number of rotatable bonds is 3. The Hall–Kier alpha value is -1.54. The molecule has 2 aliphatic rings. The van der Waals surface area contributed by atoms with Gasteiger partial charge < -0.3 is 10.2 Å². The molecule has 1 atom stereocenters. The van der Waals surface area contributed by atoms with E-state index in [1.165, 1.54) is 12.1 Å². The van der Waals surface area contributed by atoms with Gasteiger partial charge >= 0.3 is 6.18 Å². The van der Waals surface area contributed by atoms with Gasteiger partial charge in [0.25, 0.3) is 5.60 Å². The molecule has 1 N–H and O–H groups in total. The molecule has 29 heavy (non-hydrogen) atoms. The summed E-state index contributed by atoms with van der Waals surface area (Å²) in [6.07, 6.45) is -5.40. The van der Waals surface area contributed by atoms with Crippen molar-refractivity contribution in [1.82, 2.24) is 5.32 Å². The minimum atomic E-state index is -4.81. The highest BCUT2D eigenvalue weighted by atomic mass is 35.5. The average Bonchev–Trinajstić information content (AvgIpc) is 3.11. The smallest absolute Gasteiger partial charge is 0.374 e. The molecule has 0 bridgehead atoms. The Balaban J connectivity index is 1.67. The zero-order valence-electron chi connectivity index (χ0n) is 14.6. The average molecular weight is 468 g/mol. The first kappa shape index (κ1) is 20.7. The van der Waals surface area contributed by atoms with Crippen molar-refractivity contribution < 1.29 is 22.4 Å². The summed E-state index contributed by atoms with van der Waals surface area (Å²) >= 11 is 17.7. The molecule has 154 valence electrons. The van der Waals surface area contributed by atoms with Crippen LogP contribution in [-0.4, -0.2) is 25.0 Å². The van der Waals surface area contributed by atoms with Crippen LogP contribution in [0.2, 0.25) is 15.1 Å².